The van der Waals surface area contributed by atoms with E-state index < -0.39 is 11.7 Å². The molecule has 7 heteroatoms. The largest absolute Gasteiger partial charge is 0.416 e. The van der Waals surface area contributed by atoms with E-state index in [0.717, 1.165) is 23.3 Å². The van der Waals surface area contributed by atoms with Crippen molar-refractivity contribution in [2.45, 2.75) is 26.6 Å². The number of halogens is 3. The average molecular weight is 476 g/mol. The first kappa shape index (κ1) is 24.0. The molecule has 0 radical (unpaired) electrons. The minimum atomic E-state index is -4.41. The molecule has 4 aromatic rings. The minimum absolute atomic E-state index is 0.151. The predicted molar refractivity (Wildman–Crippen MR) is 132 cm³/mol. The number of rotatable bonds is 6. The molecule has 0 atom stereocenters. The molecule has 0 spiro atoms. The number of aryl methyl sites for hydroxylation is 1. The lowest BCUT2D eigenvalue weighted by atomic mass is 10.0. The lowest BCUT2D eigenvalue weighted by Gasteiger charge is -2.11. The first-order valence-electron chi connectivity index (χ1n) is 11.1. The van der Waals surface area contributed by atoms with Gasteiger partial charge in [-0.1, -0.05) is 72.8 Å². The molecular formula is C28H24F3N3O. The summed E-state index contributed by atoms with van der Waals surface area (Å²) < 4.78 is 40.9. The van der Waals surface area contributed by atoms with Gasteiger partial charge in [0, 0.05) is 5.57 Å². The number of nitrogens with one attached hydrogen (secondary N) is 1. The highest BCUT2D eigenvalue weighted by Gasteiger charge is 2.30. The summed E-state index contributed by atoms with van der Waals surface area (Å²) in [6.45, 7) is 3.69. The third-order valence-corrected chi connectivity index (χ3v) is 5.65. The Bertz CT molecular complexity index is 1360. The molecule has 178 valence electrons. The van der Waals surface area contributed by atoms with Crippen LogP contribution in [0.4, 0.5) is 18.9 Å². The SMILES string of the molecule is Cc1nn(Cc2cccc(C(F)(F)F)c2)c(C)c1NC(=O)/C(=C\c1ccccc1)c1ccccc1. The molecule has 0 aliphatic carbocycles. The van der Waals surface area contributed by atoms with E-state index in [9.17, 15) is 18.0 Å². The third-order valence-electron chi connectivity index (χ3n) is 5.65. The van der Waals surface area contributed by atoms with E-state index in [1.54, 1.807) is 24.6 Å². The number of carbonyl (C=O) groups excluding carboxylic acids is 1. The molecule has 1 aromatic heterocycles. The van der Waals surface area contributed by atoms with Crippen LogP contribution in [0.5, 0.6) is 0 Å². The van der Waals surface area contributed by atoms with Crippen LogP contribution in [-0.4, -0.2) is 15.7 Å². The van der Waals surface area contributed by atoms with Gasteiger partial charge in [0.25, 0.3) is 5.91 Å². The van der Waals surface area contributed by atoms with E-state index in [2.05, 4.69) is 10.4 Å². The molecule has 4 nitrogen and oxygen atoms in total. The maximum Gasteiger partial charge on any atom is 0.416 e. The van der Waals surface area contributed by atoms with E-state index in [1.807, 2.05) is 66.7 Å². The van der Waals surface area contributed by atoms with Gasteiger partial charge in [0.2, 0.25) is 0 Å². The van der Waals surface area contributed by atoms with Crippen LogP contribution < -0.4 is 5.32 Å². The number of amides is 1. The van der Waals surface area contributed by atoms with E-state index in [0.29, 0.717) is 28.2 Å². The van der Waals surface area contributed by atoms with Gasteiger partial charge in [-0.2, -0.15) is 18.3 Å². The summed E-state index contributed by atoms with van der Waals surface area (Å²) >= 11 is 0. The van der Waals surface area contributed by atoms with Crippen molar-refractivity contribution in [1.29, 1.82) is 0 Å². The summed E-state index contributed by atoms with van der Waals surface area (Å²) in [4.78, 5) is 13.4. The number of benzene rings is 3. The van der Waals surface area contributed by atoms with Crippen LogP contribution in [0, 0.1) is 13.8 Å². The van der Waals surface area contributed by atoms with Gasteiger partial charge in [-0.05, 0) is 48.7 Å². The molecule has 0 saturated heterocycles. The summed E-state index contributed by atoms with van der Waals surface area (Å²) in [7, 11) is 0. The lowest BCUT2D eigenvalue weighted by Crippen LogP contribution is -2.15. The summed E-state index contributed by atoms with van der Waals surface area (Å²) in [5, 5.41) is 7.44. The molecule has 0 aliphatic heterocycles. The zero-order valence-corrected chi connectivity index (χ0v) is 19.3. The predicted octanol–water partition coefficient (Wildman–Crippen LogP) is 6.75. The molecule has 35 heavy (non-hydrogen) atoms. The molecule has 0 saturated carbocycles. The molecule has 0 bridgehead atoms. The first-order valence-corrected chi connectivity index (χ1v) is 11.1. The van der Waals surface area contributed by atoms with Gasteiger partial charge in [0.05, 0.1) is 29.2 Å². The fourth-order valence-electron chi connectivity index (χ4n) is 3.85. The van der Waals surface area contributed by atoms with Gasteiger partial charge in [-0.25, -0.2) is 0 Å². The molecule has 1 heterocycles. The van der Waals surface area contributed by atoms with Crippen molar-refractivity contribution in [3.8, 4) is 0 Å². The van der Waals surface area contributed by atoms with E-state index >= 15 is 0 Å². The zero-order chi connectivity index (χ0) is 25.0. The number of nitrogens with zero attached hydrogens (tertiary/aromatic N) is 2. The van der Waals surface area contributed by atoms with Crippen LogP contribution in [0.15, 0.2) is 84.9 Å². The number of alkyl halides is 3. The van der Waals surface area contributed by atoms with Crippen molar-refractivity contribution in [2.75, 3.05) is 5.32 Å². The van der Waals surface area contributed by atoms with Crippen LogP contribution in [0.1, 0.15) is 33.6 Å². The quantitative estimate of drug-likeness (QED) is 0.248. The molecular weight excluding hydrogens is 451 g/mol. The molecule has 1 amide bonds. The normalized spacial score (nSPS) is 12.0. The Balaban J connectivity index is 1.62. The van der Waals surface area contributed by atoms with Crippen molar-refractivity contribution < 1.29 is 18.0 Å². The highest BCUT2D eigenvalue weighted by Crippen LogP contribution is 2.30. The number of anilines is 1. The van der Waals surface area contributed by atoms with E-state index in [-0.39, 0.29) is 12.5 Å². The minimum Gasteiger partial charge on any atom is -0.319 e. The van der Waals surface area contributed by atoms with Crippen molar-refractivity contribution in [1.82, 2.24) is 9.78 Å². The van der Waals surface area contributed by atoms with Crippen LogP contribution in [0.2, 0.25) is 0 Å². The van der Waals surface area contributed by atoms with Gasteiger partial charge in [0.15, 0.2) is 0 Å². The molecule has 3 aromatic carbocycles. The summed E-state index contributed by atoms with van der Waals surface area (Å²) in [5.74, 6) is -0.301. The van der Waals surface area contributed by atoms with Crippen LogP contribution >= 0.6 is 0 Å². The summed E-state index contributed by atoms with van der Waals surface area (Å²) in [5.41, 5.74) is 3.67. The van der Waals surface area contributed by atoms with Gasteiger partial charge < -0.3 is 5.32 Å². The Morgan fingerprint density at radius 1 is 0.943 bits per heavy atom. The fraction of sp³-hybridized carbons (Fsp3) is 0.143. The topological polar surface area (TPSA) is 46.9 Å². The highest BCUT2D eigenvalue weighted by molar-refractivity contribution is 6.29. The van der Waals surface area contributed by atoms with Gasteiger partial charge in [-0.15, -0.1) is 0 Å². The van der Waals surface area contributed by atoms with Crippen LogP contribution in [0.3, 0.4) is 0 Å². The second-order valence-electron chi connectivity index (χ2n) is 8.19. The highest BCUT2D eigenvalue weighted by atomic mass is 19.4. The molecule has 1 N–H and O–H groups in total. The second kappa shape index (κ2) is 10.0. The average Bonchev–Trinajstić information content (AvgIpc) is 3.10. The van der Waals surface area contributed by atoms with E-state index in [1.165, 1.54) is 6.07 Å². The zero-order valence-electron chi connectivity index (χ0n) is 19.3. The maximum atomic E-state index is 13.4. The smallest absolute Gasteiger partial charge is 0.319 e. The fourth-order valence-corrected chi connectivity index (χ4v) is 3.85. The van der Waals surface area contributed by atoms with Crippen LogP contribution in [-0.2, 0) is 17.5 Å². The molecule has 0 unspecified atom stereocenters. The lowest BCUT2D eigenvalue weighted by molar-refractivity contribution is -0.137. The van der Waals surface area contributed by atoms with Crippen molar-refractivity contribution in [2.24, 2.45) is 0 Å². The Kier molecular flexibility index (Phi) is 6.87. The van der Waals surface area contributed by atoms with Gasteiger partial charge >= 0.3 is 6.18 Å². The monoisotopic (exact) mass is 475 g/mol. The van der Waals surface area contributed by atoms with Gasteiger partial charge in [-0.3, -0.25) is 9.48 Å². The van der Waals surface area contributed by atoms with Crippen molar-refractivity contribution in [3.63, 3.8) is 0 Å². The molecule has 0 fully saturated rings. The summed E-state index contributed by atoms with van der Waals surface area (Å²) in [6, 6.07) is 24.1. The Morgan fingerprint density at radius 3 is 2.26 bits per heavy atom. The molecule has 0 aliphatic rings. The standard InChI is InChI=1S/C28H24F3N3O/c1-19-26(20(2)34(33-19)18-22-12-9-15-24(16-22)28(29,30)31)32-27(35)25(23-13-7-4-8-14-23)17-21-10-5-3-6-11-21/h3-17H,18H2,1-2H3,(H,32,35)/b25-17-. The Labute approximate surface area is 201 Å². The Hall–Kier alpha value is -4.13. The maximum absolute atomic E-state index is 13.4. The number of hydrogen-bond donors (Lipinski definition) is 1. The Morgan fingerprint density at radius 2 is 1.60 bits per heavy atom. The number of aromatic nitrogens is 2. The van der Waals surface area contributed by atoms with Gasteiger partial charge in [0.1, 0.15) is 0 Å². The van der Waals surface area contributed by atoms with Crippen LogP contribution in [0.25, 0.3) is 11.6 Å². The second-order valence-corrected chi connectivity index (χ2v) is 8.19. The third kappa shape index (κ3) is 5.69. The summed E-state index contributed by atoms with van der Waals surface area (Å²) in [6.07, 6.45) is -2.59. The number of hydrogen-bond acceptors (Lipinski definition) is 2. The van der Waals surface area contributed by atoms with Crippen molar-refractivity contribution in [3.05, 3.63) is 119 Å². The first-order chi connectivity index (χ1) is 16.7. The van der Waals surface area contributed by atoms with Crippen molar-refractivity contribution >= 4 is 23.2 Å². The molecule has 4 rings (SSSR count). The van der Waals surface area contributed by atoms with E-state index in [4.69, 9.17) is 0 Å². The number of carbonyl (C=O) groups is 1.